The monoisotopic (exact) mass is 253 g/mol. The fraction of sp³-hybridized carbons (Fsp3) is 0.500. The first-order chi connectivity index (χ1) is 8.02. The van der Waals surface area contributed by atoms with Gasteiger partial charge in [0, 0.05) is 5.54 Å². The quantitative estimate of drug-likeness (QED) is 0.865. The zero-order chi connectivity index (χ0) is 12.1. The van der Waals surface area contributed by atoms with Crippen molar-refractivity contribution in [1.82, 2.24) is 0 Å². The van der Waals surface area contributed by atoms with Crippen LogP contribution in [0, 0.1) is 0 Å². The molecule has 1 saturated carbocycles. The smallest absolute Gasteiger partial charge is 0.185 e. The summed E-state index contributed by atoms with van der Waals surface area (Å²) in [5.74, 6) is 0. The highest BCUT2D eigenvalue weighted by atomic mass is 32.2. The van der Waals surface area contributed by atoms with Crippen molar-refractivity contribution in [2.24, 2.45) is 5.73 Å². The van der Waals surface area contributed by atoms with Gasteiger partial charge in [-0.1, -0.05) is 12.1 Å². The zero-order valence-electron chi connectivity index (χ0n) is 9.43. The summed E-state index contributed by atoms with van der Waals surface area (Å²) in [5, 5.41) is -0.374. The van der Waals surface area contributed by atoms with Gasteiger partial charge in [-0.15, -0.1) is 0 Å². The predicted octanol–water partition coefficient (Wildman–Crippen LogP) is 0.807. The molecule has 1 heterocycles. The molecular formula is C12H15NO3S. The molecule has 2 fully saturated rings. The van der Waals surface area contributed by atoms with Crippen LogP contribution in [-0.4, -0.2) is 26.9 Å². The first kappa shape index (κ1) is 11.2. The van der Waals surface area contributed by atoms with Crippen LogP contribution in [0.15, 0.2) is 29.2 Å². The highest BCUT2D eigenvalue weighted by Gasteiger charge is 2.40. The summed E-state index contributed by atoms with van der Waals surface area (Å²) < 4.78 is 29.1. The molecule has 0 unspecified atom stereocenters. The minimum atomic E-state index is -3.21. The lowest BCUT2D eigenvalue weighted by atomic mass is 10.1. The van der Waals surface area contributed by atoms with E-state index in [2.05, 4.69) is 0 Å². The Labute approximate surface area is 101 Å². The van der Waals surface area contributed by atoms with E-state index in [9.17, 15) is 8.42 Å². The molecule has 4 nitrogen and oxygen atoms in total. The van der Waals surface area contributed by atoms with E-state index >= 15 is 0 Å². The lowest BCUT2D eigenvalue weighted by molar-refractivity contribution is 0.0416. The van der Waals surface area contributed by atoms with Gasteiger partial charge in [0.2, 0.25) is 0 Å². The van der Waals surface area contributed by atoms with Crippen molar-refractivity contribution in [3.05, 3.63) is 29.8 Å². The summed E-state index contributed by atoms with van der Waals surface area (Å²) >= 11 is 0. The number of benzene rings is 1. The number of sulfone groups is 1. The number of ether oxygens (including phenoxy) is 1. The third kappa shape index (κ3) is 1.78. The SMILES string of the molecule is NC1(c2ccc(S(=O)(=O)C3COC3)cc2)CC1. The Bertz CT molecular complexity index is 527. The van der Waals surface area contributed by atoms with Crippen LogP contribution < -0.4 is 5.73 Å². The van der Waals surface area contributed by atoms with Crippen molar-refractivity contribution in [3.8, 4) is 0 Å². The van der Waals surface area contributed by atoms with Gasteiger partial charge in [-0.2, -0.15) is 0 Å². The molecule has 92 valence electrons. The Morgan fingerprint density at radius 1 is 1.18 bits per heavy atom. The maximum atomic E-state index is 12.1. The molecule has 1 saturated heterocycles. The molecule has 0 spiro atoms. The maximum Gasteiger partial charge on any atom is 0.185 e. The van der Waals surface area contributed by atoms with Crippen LogP contribution in [0.4, 0.5) is 0 Å². The fourth-order valence-corrected chi connectivity index (χ4v) is 3.44. The normalized spacial score (nSPS) is 23.1. The highest BCUT2D eigenvalue weighted by molar-refractivity contribution is 7.92. The minimum Gasteiger partial charge on any atom is -0.379 e. The number of hydrogen-bond acceptors (Lipinski definition) is 4. The minimum absolute atomic E-state index is 0.206. The maximum absolute atomic E-state index is 12.1. The summed E-state index contributed by atoms with van der Waals surface area (Å²) in [7, 11) is -3.21. The molecule has 1 aromatic carbocycles. The first-order valence-electron chi connectivity index (χ1n) is 5.73. The van der Waals surface area contributed by atoms with E-state index in [0.717, 1.165) is 18.4 Å². The Hall–Kier alpha value is -0.910. The van der Waals surface area contributed by atoms with E-state index in [4.69, 9.17) is 10.5 Å². The third-order valence-corrected chi connectivity index (χ3v) is 5.67. The predicted molar refractivity (Wildman–Crippen MR) is 63.3 cm³/mol. The first-order valence-corrected chi connectivity index (χ1v) is 7.28. The molecule has 2 N–H and O–H groups in total. The molecule has 1 aliphatic carbocycles. The standard InChI is InChI=1S/C12H15NO3S/c13-12(5-6-12)9-1-3-10(4-2-9)17(14,15)11-7-16-8-11/h1-4,11H,5-8,13H2. The van der Waals surface area contributed by atoms with E-state index in [1.54, 1.807) is 12.1 Å². The van der Waals surface area contributed by atoms with Crippen LogP contribution in [0.25, 0.3) is 0 Å². The second-order valence-electron chi connectivity index (χ2n) is 4.88. The van der Waals surface area contributed by atoms with Crippen LogP contribution >= 0.6 is 0 Å². The Morgan fingerprint density at radius 3 is 2.18 bits per heavy atom. The van der Waals surface area contributed by atoms with Crippen molar-refractivity contribution >= 4 is 9.84 Å². The second-order valence-corrected chi connectivity index (χ2v) is 7.11. The van der Waals surface area contributed by atoms with Crippen molar-refractivity contribution in [1.29, 1.82) is 0 Å². The van der Waals surface area contributed by atoms with Crippen molar-refractivity contribution in [2.45, 2.75) is 28.5 Å². The summed E-state index contributed by atoms with van der Waals surface area (Å²) in [4.78, 5) is 0.374. The highest BCUT2D eigenvalue weighted by Crippen LogP contribution is 2.42. The van der Waals surface area contributed by atoms with Gasteiger partial charge in [0.15, 0.2) is 9.84 Å². The summed E-state index contributed by atoms with van der Waals surface area (Å²) in [6.45, 7) is 0.621. The average molecular weight is 253 g/mol. The number of nitrogens with two attached hydrogens (primary N) is 1. The van der Waals surface area contributed by atoms with Crippen molar-refractivity contribution in [2.75, 3.05) is 13.2 Å². The molecular weight excluding hydrogens is 238 g/mol. The molecule has 0 aromatic heterocycles. The summed E-state index contributed by atoms with van der Waals surface area (Å²) in [6, 6.07) is 6.99. The Balaban J connectivity index is 1.89. The Kier molecular flexibility index (Phi) is 2.33. The second kappa shape index (κ2) is 3.54. The summed E-state index contributed by atoms with van der Waals surface area (Å²) in [6.07, 6.45) is 1.96. The Morgan fingerprint density at radius 2 is 1.76 bits per heavy atom. The van der Waals surface area contributed by atoms with Crippen LogP contribution in [0.5, 0.6) is 0 Å². The van der Waals surface area contributed by atoms with Crippen LogP contribution in [-0.2, 0) is 20.1 Å². The lowest BCUT2D eigenvalue weighted by Crippen LogP contribution is -2.40. The van der Waals surface area contributed by atoms with Gasteiger partial charge in [0.1, 0.15) is 5.25 Å². The largest absolute Gasteiger partial charge is 0.379 e. The van der Waals surface area contributed by atoms with Crippen LogP contribution in [0.2, 0.25) is 0 Å². The van der Waals surface area contributed by atoms with Gasteiger partial charge >= 0.3 is 0 Å². The molecule has 17 heavy (non-hydrogen) atoms. The van der Waals surface area contributed by atoms with Crippen LogP contribution in [0.1, 0.15) is 18.4 Å². The molecule has 1 aromatic rings. The van der Waals surface area contributed by atoms with E-state index in [1.807, 2.05) is 12.1 Å². The molecule has 1 aliphatic heterocycles. The van der Waals surface area contributed by atoms with Gasteiger partial charge < -0.3 is 10.5 Å². The van der Waals surface area contributed by atoms with Crippen molar-refractivity contribution in [3.63, 3.8) is 0 Å². The van der Waals surface area contributed by atoms with Crippen molar-refractivity contribution < 1.29 is 13.2 Å². The zero-order valence-corrected chi connectivity index (χ0v) is 10.2. The van der Waals surface area contributed by atoms with Gasteiger partial charge in [0.05, 0.1) is 18.1 Å². The fourth-order valence-electron chi connectivity index (χ4n) is 1.99. The molecule has 0 atom stereocenters. The molecule has 0 amide bonds. The van der Waals surface area contributed by atoms with Gasteiger partial charge in [-0.05, 0) is 30.5 Å². The van der Waals surface area contributed by atoms with Gasteiger partial charge in [-0.3, -0.25) is 0 Å². The van der Waals surface area contributed by atoms with E-state index in [0.29, 0.717) is 18.1 Å². The van der Waals surface area contributed by atoms with E-state index in [-0.39, 0.29) is 10.8 Å². The lowest BCUT2D eigenvalue weighted by Gasteiger charge is -2.25. The van der Waals surface area contributed by atoms with Crippen LogP contribution in [0.3, 0.4) is 0 Å². The summed E-state index contributed by atoms with van der Waals surface area (Å²) in [5.41, 5.74) is 6.88. The molecule has 3 rings (SSSR count). The van der Waals surface area contributed by atoms with Gasteiger partial charge in [0.25, 0.3) is 0 Å². The molecule has 5 heteroatoms. The molecule has 2 aliphatic rings. The van der Waals surface area contributed by atoms with E-state index < -0.39 is 9.84 Å². The number of hydrogen-bond donors (Lipinski definition) is 1. The average Bonchev–Trinajstić information content (AvgIpc) is 2.95. The van der Waals surface area contributed by atoms with Gasteiger partial charge in [-0.25, -0.2) is 8.42 Å². The topological polar surface area (TPSA) is 69.4 Å². The molecule has 0 radical (unpaired) electrons. The third-order valence-electron chi connectivity index (χ3n) is 3.59. The molecule has 0 bridgehead atoms. The van der Waals surface area contributed by atoms with E-state index in [1.165, 1.54) is 0 Å². The number of rotatable bonds is 3.